The lowest BCUT2D eigenvalue weighted by molar-refractivity contribution is 0.924. The second-order valence-electron chi connectivity index (χ2n) is 4.18. The number of nitrogens with one attached hydrogen (secondary N) is 2. The van der Waals surface area contributed by atoms with Crippen LogP contribution in [0.15, 0.2) is 40.9 Å². The summed E-state index contributed by atoms with van der Waals surface area (Å²) in [5, 5.41) is 7.32. The van der Waals surface area contributed by atoms with Crippen molar-refractivity contribution in [2.24, 2.45) is 0 Å². The Bertz CT molecular complexity index is 619. The van der Waals surface area contributed by atoms with Crippen molar-refractivity contribution in [3.05, 3.63) is 57.2 Å². The van der Waals surface area contributed by atoms with Crippen molar-refractivity contribution in [2.45, 2.75) is 13.5 Å². The standard InChI is InChI=1S/C14H13BrClN3S/c1-9-12(16)7-11(15)13(18-9)19-14(20)17-8-10-5-3-2-4-6-10/h2-7H,8H2,1H3,(H2,17,18,19,20). The van der Waals surface area contributed by atoms with Crippen LogP contribution in [-0.2, 0) is 6.54 Å². The van der Waals surface area contributed by atoms with Crippen molar-refractivity contribution < 1.29 is 0 Å². The summed E-state index contributed by atoms with van der Waals surface area (Å²) in [6, 6.07) is 11.8. The third-order valence-corrected chi connectivity index (χ3v) is 3.87. The average Bonchev–Trinajstić information content (AvgIpc) is 2.44. The van der Waals surface area contributed by atoms with Crippen LogP contribution in [0.2, 0.25) is 5.02 Å². The number of hydrogen-bond acceptors (Lipinski definition) is 2. The molecule has 0 aliphatic rings. The maximum absolute atomic E-state index is 5.99. The molecule has 0 atom stereocenters. The van der Waals surface area contributed by atoms with Gasteiger partial charge in [-0.3, -0.25) is 0 Å². The van der Waals surface area contributed by atoms with Crippen LogP contribution in [0, 0.1) is 6.92 Å². The highest BCUT2D eigenvalue weighted by Gasteiger charge is 2.07. The average molecular weight is 371 g/mol. The summed E-state index contributed by atoms with van der Waals surface area (Å²) in [6.45, 7) is 2.51. The van der Waals surface area contributed by atoms with E-state index in [0.717, 1.165) is 15.7 Å². The first kappa shape index (κ1) is 15.2. The minimum absolute atomic E-state index is 0.517. The third-order valence-electron chi connectivity index (χ3n) is 2.63. The van der Waals surface area contributed by atoms with Gasteiger partial charge in [0.2, 0.25) is 0 Å². The number of aryl methyl sites for hydroxylation is 1. The predicted molar refractivity (Wildman–Crippen MR) is 91.2 cm³/mol. The number of rotatable bonds is 3. The van der Waals surface area contributed by atoms with E-state index in [9.17, 15) is 0 Å². The van der Waals surface area contributed by atoms with E-state index >= 15 is 0 Å². The molecular weight excluding hydrogens is 358 g/mol. The molecule has 2 aromatic rings. The van der Waals surface area contributed by atoms with Gasteiger partial charge in [-0.25, -0.2) is 4.98 Å². The van der Waals surface area contributed by atoms with Gasteiger partial charge in [0.05, 0.1) is 15.2 Å². The van der Waals surface area contributed by atoms with E-state index in [1.165, 1.54) is 0 Å². The minimum atomic E-state index is 0.517. The topological polar surface area (TPSA) is 37.0 Å². The van der Waals surface area contributed by atoms with Gasteiger partial charge in [-0.2, -0.15) is 0 Å². The van der Waals surface area contributed by atoms with Gasteiger partial charge in [-0.1, -0.05) is 41.9 Å². The van der Waals surface area contributed by atoms with Crippen molar-refractivity contribution in [2.75, 3.05) is 5.32 Å². The first-order valence-corrected chi connectivity index (χ1v) is 7.55. The third kappa shape index (κ3) is 4.16. The SMILES string of the molecule is Cc1nc(NC(=S)NCc2ccccc2)c(Br)cc1Cl. The Hall–Kier alpha value is -1.17. The predicted octanol–water partition coefficient (Wildman–Crippen LogP) is 4.29. The van der Waals surface area contributed by atoms with E-state index in [1.54, 1.807) is 6.07 Å². The molecule has 1 aromatic carbocycles. The molecule has 0 saturated carbocycles. The Morgan fingerprint density at radius 2 is 2.05 bits per heavy atom. The molecule has 0 fully saturated rings. The van der Waals surface area contributed by atoms with Gasteiger partial charge in [0, 0.05) is 6.54 Å². The van der Waals surface area contributed by atoms with Crippen molar-refractivity contribution >= 4 is 50.7 Å². The number of pyridine rings is 1. The fraction of sp³-hybridized carbons (Fsp3) is 0.143. The van der Waals surface area contributed by atoms with E-state index < -0.39 is 0 Å². The molecule has 0 aliphatic carbocycles. The molecule has 1 heterocycles. The molecular formula is C14H13BrClN3S. The lowest BCUT2D eigenvalue weighted by Gasteiger charge is -2.12. The Labute approximate surface area is 136 Å². The van der Waals surface area contributed by atoms with Crippen LogP contribution >= 0.6 is 39.7 Å². The highest BCUT2D eigenvalue weighted by molar-refractivity contribution is 9.10. The van der Waals surface area contributed by atoms with Crippen LogP contribution < -0.4 is 10.6 Å². The van der Waals surface area contributed by atoms with E-state index in [4.69, 9.17) is 23.8 Å². The number of benzene rings is 1. The minimum Gasteiger partial charge on any atom is -0.358 e. The maximum atomic E-state index is 5.99. The van der Waals surface area contributed by atoms with Gasteiger partial charge in [-0.05, 0) is 46.7 Å². The van der Waals surface area contributed by atoms with Crippen LogP contribution in [0.1, 0.15) is 11.3 Å². The molecule has 0 aliphatic heterocycles. The van der Waals surface area contributed by atoms with E-state index in [0.29, 0.717) is 22.5 Å². The molecule has 0 unspecified atom stereocenters. The quantitative estimate of drug-likeness (QED) is 0.790. The lowest BCUT2D eigenvalue weighted by atomic mass is 10.2. The second-order valence-corrected chi connectivity index (χ2v) is 5.85. The number of anilines is 1. The fourth-order valence-corrected chi connectivity index (χ4v) is 2.44. The lowest BCUT2D eigenvalue weighted by Crippen LogP contribution is -2.28. The summed E-state index contributed by atoms with van der Waals surface area (Å²) in [4.78, 5) is 4.35. The van der Waals surface area contributed by atoms with Crippen LogP contribution in [0.3, 0.4) is 0 Å². The smallest absolute Gasteiger partial charge is 0.172 e. The van der Waals surface area contributed by atoms with Gasteiger partial charge >= 0.3 is 0 Å². The van der Waals surface area contributed by atoms with Crippen molar-refractivity contribution in [1.82, 2.24) is 10.3 Å². The highest BCUT2D eigenvalue weighted by Crippen LogP contribution is 2.25. The van der Waals surface area contributed by atoms with E-state index in [1.807, 2.05) is 37.3 Å². The molecule has 2 rings (SSSR count). The first-order valence-electron chi connectivity index (χ1n) is 5.97. The summed E-state index contributed by atoms with van der Waals surface area (Å²) in [7, 11) is 0. The van der Waals surface area contributed by atoms with Gasteiger partial charge in [0.25, 0.3) is 0 Å². The van der Waals surface area contributed by atoms with Crippen LogP contribution in [-0.4, -0.2) is 10.1 Å². The second kappa shape index (κ2) is 7.02. The highest BCUT2D eigenvalue weighted by atomic mass is 79.9. The maximum Gasteiger partial charge on any atom is 0.172 e. The van der Waals surface area contributed by atoms with Crippen molar-refractivity contribution in [1.29, 1.82) is 0 Å². The van der Waals surface area contributed by atoms with Gasteiger partial charge < -0.3 is 10.6 Å². The molecule has 0 spiro atoms. The van der Waals surface area contributed by atoms with Gasteiger partial charge in [0.15, 0.2) is 5.11 Å². The molecule has 20 heavy (non-hydrogen) atoms. The summed E-state index contributed by atoms with van der Waals surface area (Å²) in [6.07, 6.45) is 0. The number of hydrogen-bond donors (Lipinski definition) is 2. The van der Waals surface area contributed by atoms with E-state index in [-0.39, 0.29) is 0 Å². The summed E-state index contributed by atoms with van der Waals surface area (Å²) >= 11 is 14.7. The molecule has 104 valence electrons. The number of thiocarbonyl (C=S) groups is 1. The number of aromatic nitrogens is 1. The number of nitrogens with zero attached hydrogens (tertiary/aromatic N) is 1. The Morgan fingerprint density at radius 3 is 2.75 bits per heavy atom. The zero-order valence-corrected chi connectivity index (χ0v) is 13.9. The van der Waals surface area contributed by atoms with Crippen LogP contribution in [0.5, 0.6) is 0 Å². The Morgan fingerprint density at radius 1 is 1.35 bits per heavy atom. The van der Waals surface area contributed by atoms with Gasteiger partial charge in [0.1, 0.15) is 5.82 Å². The van der Waals surface area contributed by atoms with Crippen molar-refractivity contribution in [3.8, 4) is 0 Å². The molecule has 2 N–H and O–H groups in total. The molecule has 0 bridgehead atoms. The van der Waals surface area contributed by atoms with Crippen LogP contribution in [0.4, 0.5) is 5.82 Å². The first-order chi connectivity index (χ1) is 9.56. The number of halogens is 2. The molecule has 0 radical (unpaired) electrons. The Kier molecular flexibility index (Phi) is 5.34. The van der Waals surface area contributed by atoms with Gasteiger partial charge in [-0.15, -0.1) is 0 Å². The Balaban J connectivity index is 1.97. The molecule has 1 aromatic heterocycles. The monoisotopic (exact) mass is 369 g/mol. The molecule has 0 amide bonds. The van der Waals surface area contributed by atoms with E-state index in [2.05, 4.69) is 31.5 Å². The molecule has 3 nitrogen and oxygen atoms in total. The van der Waals surface area contributed by atoms with Crippen molar-refractivity contribution in [3.63, 3.8) is 0 Å². The zero-order chi connectivity index (χ0) is 14.5. The molecule has 6 heteroatoms. The summed E-state index contributed by atoms with van der Waals surface area (Å²) < 4.78 is 0.775. The molecule has 0 saturated heterocycles. The largest absolute Gasteiger partial charge is 0.358 e. The summed E-state index contributed by atoms with van der Waals surface area (Å²) in [5.74, 6) is 0.650. The zero-order valence-electron chi connectivity index (χ0n) is 10.8. The fourth-order valence-electron chi connectivity index (χ4n) is 1.58. The normalized spacial score (nSPS) is 10.2. The summed E-state index contributed by atoms with van der Waals surface area (Å²) in [5.41, 5.74) is 1.92. The van der Waals surface area contributed by atoms with Crippen LogP contribution in [0.25, 0.3) is 0 Å².